The Kier molecular flexibility index (Phi) is 5.29. The molecule has 1 aromatic carbocycles. The molecule has 1 aliphatic rings. The highest BCUT2D eigenvalue weighted by atomic mass is 32.2. The molecule has 110 valence electrons. The fourth-order valence-electron chi connectivity index (χ4n) is 2.40. The van der Waals surface area contributed by atoms with Crippen molar-refractivity contribution in [2.45, 2.75) is 31.9 Å². The Morgan fingerprint density at radius 1 is 1.45 bits per heavy atom. The number of halogens is 1. The number of aliphatic imine (C=N–C) groups is 1. The minimum Gasteiger partial charge on any atom is -0.494 e. The van der Waals surface area contributed by atoms with Crippen LogP contribution in [0.3, 0.4) is 0 Å². The summed E-state index contributed by atoms with van der Waals surface area (Å²) < 4.78 is 18.4. The van der Waals surface area contributed by atoms with Crippen LogP contribution in [0.5, 0.6) is 5.75 Å². The fourth-order valence-corrected chi connectivity index (χ4v) is 3.73. The first-order valence-corrected chi connectivity index (χ1v) is 7.87. The molecule has 0 bridgehead atoms. The number of ether oxygens (including phenoxy) is 1. The zero-order valence-corrected chi connectivity index (χ0v) is 13.0. The highest BCUT2D eigenvalue weighted by Gasteiger charge is 2.26. The molecule has 1 aliphatic heterocycles. The predicted molar refractivity (Wildman–Crippen MR) is 84.3 cm³/mol. The number of methoxy groups -OCH3 is 1. The maximum Gasteiger partial charge on any atom is 0.161 e. The SMILES string of the molecule is CCC(CC)C1CN=C(Nc2ccc(F)cc2OC)S1. The van der Waals surface area contributed by atoms with Crippen molar-refractivity contribution in [3.05, 3.63) is 24.0 Å². The van der Waals surface area contributed by atoms with Crippen molar-refractivity contribution in [1.29, 1.82) is 0 Å². The van der Waals surface area contributed by atoms with Gasteiger partial charge in [0.1, 0.15) is 11.6 Å². The molecule has 5 heteroatoms. The van der Waals surface area contributed by atoms with Gasteiger partial charge < -0.3 is 10.1 Å². The first kappa shape index (κ1) is 15.2. The van der Waals surface area contributed by atoms with Crippen LogP contribution in [-0.2, 0) is 0 Å². The van der Waals surface area contributed by atoms with E-state index in [2.05, 4.69) is 24.2 Å². The second-order valence-corrected chi connectivity index (χ2v) is 6.08. The van der Waals surface area contributed by atoms with E-state index in [9.17, 15) is 4.39 Å². The third kappa shape index (κ3) is 3.45. The lowest BCUT2D eigenvalue weighted by Gasteiger charge is -2.18. The van der Waals surface area contributed by atoms with Gasteiger partial charge in [-0.15, -0.1) is 0 Å². The minimum atomic E-state index is -0.302. The summed E-state index contributed by atoms with van der Waals surface area (Å²) in [5, 5.41) is 4.68. The summed E-state index contributed by atoms with van der Waals surface area (Å²) >= 11 is 1.78. The summed E-state index contributed by atoms with van der Waals surface area (Å²) in [4.78, 5) is 4.55. The smallest absolute Gasteiger partial charge is 0.161 e. The molecule has 1 heterocycles. The summed E-state index contributed by atoms with van der Waals surface area (Å²) in [6.07, 6.45) is 2.35. The topological polar surface area (TPSA) is 33.6 Å². The van der Waals surface area contributed by atoms with Gasteiger partial charge in [-0.1, -0.05) is 38.5 Å². The normalized spacial score (nSPS) is 18.2. The number of benzene rings is 1. The number of anilines is 1. The quantitative estimate of drug-likeness (QED) is 0.886. The van der Waals surface area contributed by atoms with Crippen molar-refractivity contribution in [3.63, 3.8) is 0 Å². The van der Waals surface area contributed by atoms with Crippen LogP contribution in [0.4, 0.5) is 10.1 Å². The highest BCUT2D eigenvalue weighted by molar-refractivity contribution is 8.15. The maximum absolute atomic E-state index is 13.2. The van der Waals surface area contributed by atoms with Crippen LogP contribution in [0.2, 0.25) is 0 Å². The summed E-state index contributed by atoms with van der Waals surface area (Å²) in [5.41, 5.74) is 0.755. The average Bonchev–Trinajstić information content (AvgIpc) is 2.90. The van der Waals surface area contributed by atoms with Crippen molar-refractivity contribution >= 4 is 22.6 Å². The van der Waals surface area contributed by atoms with Crippen molar-refractivity contribution < 1.29 is 9.13 Å². The molecule has 0 fully saturated rings. The van der Waals surface area contributed by atoms with Crippen LogP contribution in [-0.4, -0.2) is 24.1 Å². The maximum atomic E-state index is 13.2. The summed E-state index contributed by atoms with van der Waals surface area (Å²) in [7, 11) is 1.54. The lowest BCUT2D eigenvalue weighted by Crippen LogP contribution is -2.17. The van der Waals surface area contributed by atoms with Gasteiger partial charge in [-0.25, -0.2) is 4.39 Å². The van der Waals surface area contributed by atoms with Crippen LogP contribution in [0.1, 0.15) is 26.7 Å². The van der Waals surface area contributed by atoms with E-state index in [0.717, 1.165) is 17.4 Å². The van der Waals surface area contributed by atoms with Crippen LogP contribution in [0.15, 0.2) is 23.2 Å². The molecular weight excluding hydrogens is 275 g/mol. The molecule has 1 aromatic rings. The number of thioether (sulfide) groups is 1. The van der Waals surface area contributed by atoms with E-state index in [1.807, 2.05) is 0 Å². The van der Waals surface area contributed by atoms with Crippen LogP contribution in [0.25, 0.3) is 0 Å². The fraction of sp³-hybridized carbons (Fsp3) is 0.533. The first-order chi connectivity index (χ1) is 9.67. The van der Waals surface area contributed by atoms with E-state index >= 15 is 0 Å². The zero-order chi connectivity index (χ0) is 14.5. The molecule has 0 amide bonds. The zero-order valence-electron chi connectivity index (χ0n) is 12.1. The minimum absolute atomic E-state index is 0.302. The molecule has 0 aliphatic carbocycles. The van der Waals surface area contributed by atoms with Gasteiger partial charge in [0.2, 0.25) is 0 Å². The van der Waals surface area contributed by atoms with Gasteiger partial charge in [-0.05, 0) is 18.1 Å². The molecule has 0 saturated heterocycles. The summed E-state index contributed by atoms with van der Waals surface area (Å²) in [6.45, 7) is 5.30. The molecule has 0 aromatic heterocycles. The number of amidine groups is 1. The molecule has 1 unspecified atom stereocenters. The number of nitrogens with one attached hydrogen (secondary N) is 1. The Labute approximate surface area is 124 Å². The Hall–Kier alpha value is -1.23. The van der Waals surface area contributed by atoms with Crippen molar-refractivity contribution in [3.8, 4) is 5.75 Å². The van der Waals surface area contributed by atoms with E-state index in [1.165, 1.54) is 32.1 Å². The first-order valence-electron chi connectivity index (χ1n) is 6.99. The molecule has 0 radical (unpaired) electrons. The monoisotopic (exact) mass is 296 g/mol. The van der Waals surface area contributed by atoms with Gasteiger partial charge in [-0.3, -0.25) is 4.99 Å². The number of hydrogen-bond acceptors (Lipinski definition) is 4. The van der Waals surface area contributed by atoms with E-state index in [4.69, 9.17) is 4.74 Å². The van der Waals surface area contributed by atoms with Crippen LogP contribution in [0, 0.1) is 11.7 Å². The molecule has 2 rings (SSSR count). The predicted octanol–water partition coefficient (Wildman–Crippen LogP) is 4.15. The second kappa shape index (κ2) is 6.97. The standard InChI is InChI=1S/C15H21FN2OS/c1-4-10(5-2)14-9-17-15(20-14)18-12-7-6-11(16)8-13(12)19-3/h6-8,10,14H,4-5,9H2,1-3H3,(H,17,18). The van der Waals surface area contributed by atoms with Crippen LogP contribution < -0.4 is 10.1 Å². The molecule has 1 N–H and O–H groups in total. The Morgan fingerprint density at radius 3 is 2.85 bits per heavy atom. The largest absolute Gasteiger partial charge is 0.494 e. The van der Waals surface area contributed by atoms with Gasteiger partial charge in [0, 0.05) is 11.3 Å². The Balaban J connectivity index is 2.02. The highest BCUT2D eigenvalue weighted by Crippen LogP contribution is 2.33. The number of rotatable bonds is 5. The van der Waals surface area contributed by atoms with E-state index < -0.39 is 0 Å². The van der Waals surface area contributed by atoms with E-state index in [0.29, 0.717) is 16.9 Å². The lowest BCUT2D eigenvalue weighted by molar-refractivity contribution is 0.413. The van der Waals surface area contributed by atoms with Crippen molar-refractivity contribution in [2.75, 3.05) is 19.0 Å². The molecule has 20 heavy (non-hydrogen) atoms. The number of hydrogen-bond donors (Lipinski definition) is 1. The average molecular weight is 296 g/mol. The summed E-state index contributed by atoms with van der Waals surface area (Å²) in [6, 6.07) is 4.48. The van der Waals surface area contributed by atoms with Crippen molar-refractivity contribution in [2.24, 2.45) is 10.9 Å². The summed E-state index contributed by atoms with van der Waals surface area (Å²) in [5.74, 6) is 0.890. The van der Waals surface area contributed by atoms with Gasteiger partial charge in [0.05, 0.1) is 19.3 Å². The van der Waals surface area contributed by atoms with Crippen LogP contribution >= 0.6 is 11.8 Å². The Morgan fingerprint density at radius 2 is 2.20 bits per heavy atom. The lowest BCUT2D eigenvalue weighted by atomic mass is 9.99. The molecule has 3 nitrogen and oxygen atoms in total. The van der Waals surface area contributed by atoms with Crippen molar-refractivity contribution in [1.82, 2.24) is 0 Å². The second-order valence-electron chi connectivity index (χ2n) is 4.85. The number of nitrogens with zero attached hydrogens (tertiary/aromatic N) is 1. The van der Waals surface area contributed by atoms with Gasteiger partial charge in [0.15, 0.2) is 5.17 Å². The van der Waals surface area contributed by atoms with Gasteiger partial charge in [0.25, 0.3) is 0 Å². The third-order valence-corrected chi connectivity index (χ3v) is 4.95. The molecule has 0 spiro atoms. The molecule has 0 saturated carbocycles. The Bertz CT molecular complexity index is 489. The van der Waals surface area contributed by atoms with E-state index in [-0.39, 0.29) is 5.82 Å². The van der Waals surface area contributed by atoms with Gasteiger partial charge in [-0.2, -0.15) is 0 Å². The van der Waals surface area contributed by atoms with Gasteiger partial charge >= 0.3 is 0 Å². The van der Waals surface area contributed by atoms with E-state index in [1.54, 1.807) is 17.8 Å². The molecule has 1 atom stereocenters. The third-order valence-electron chi connectivity index (χ3n) is 3.66. The molecular formula is C15H21FN2OS.